The molecule has 44 heavy (non-hydrogen) atoms. The molecule has 3 heterocycles. The molecule has 2 aliphatic heterocycles. The van der Waals surface area contributed by atoms with Crippen molar-refractivity contribution in [1.29, 1.82) is 0 Å². The van der Waals surface area contributed by atoms with Gasteiger partial charge in [0.2, 0.25) is 0 Å². The average molecular weight is 768 g/mol. The predicted molar refractivity (Wildman–Crippen MR) is 179 cm³/mol. The first kappa shape index (κ1) is 29.6. The van der Waals surface area contributed by atoms with Crippen LogP contribution >= 0.6 is 0 Å². The Kier molecular flexibility index (Phi) is 8.02. The van der Waals surface area contributed by atoms with E-state index in [0.29, 0.717) is 11.5 Å². The molecule has 0 aliphatic carbocycles. The van der Waals surface area contributed by atoms with Gasteiger partial charge in [-0.25, -0.2) is 0 Å². The molecule has 220 valence electrons. The quantitative estimate of drug-likeness (QED) is 0.155. The second-order valence-electron chi connectivity index (χ2n) is 10.6. The van der Waals surface area contributed by atoms with Crippen LogP contribution in [0.15, 0.2) is 134 Å². The second-order valence-corrected chi connectivity index (χ2v) is 14.3. The van der Waals surface area contributed by atoms with Gasteiger partial charge in [-0.05, 0) is 30.9 Å². The summed E-state index contributed by atoms with van der Waals surface area (Å²) in [6.45, 7) is 2.07. The van der Waals surface area contributed by atoms with Crippen molar-refractivity contribution in [2.45, 2.75) is 7.43 Å². The number of aromatic nitrogens is 1. The van der Waals surface area contributed by atoms with E-state index in [0.717, 1.165) is 28.3 Å². The van der Waals surface area contributed by atoms with Crippen molar-refractivity contribution in [1.82, 2.24) is 4.98 Å². The maximum Gasteiger partial charge on any atom is 0.127 e. The number of ether oxygens (including phenoxy) is 1. The number of benzene rings is 5. The molecule has 1 aromatic heterocycles. The maximum atomic E-state index is 6.44. The third-order valence-electron chi connectivity index (χ3n) is 8.23. The summed E-state index contributed by atoms with van der Waals surface area (Å²) in [5, 5.41) is 5.23. The van der Waals surface area contributed by atoms with E-state index >= 15 is 0 Å². The topological polar surface area (TPSA) is 28.6 Å². The molecule has 0 spiro atoms. The first-order valence-electron chi connectivity index (χ1n) is 14.0. The van der Waals surface area contributed by atoms with Gasteiger partial charge in [0.1, 0.15) is 8.07 Å². The fraction of sp³-hybridized carbons (Fsp3) is 0.0526. The molecule has 0 N–H and O–H groups in total. The maximum absolute atomic E-state index is 6.44. The van der Waals surface area contributed by atoms with Crippen molar-refractivity contribution in [3.63, 3.8) is 0 Å². The number of fused-ring (bicyclic) bond motifs is 4. The number of nitrogens with zero attached hydrogens (tertiary/aromatic N) is 3. The number of anilines is 3. The second kappa shape index (κ2) is 11.9. The Morgan fingerprint density at radius 1 is 0.659 bits per heavy atom. The first-order chi connectivity index (χ1) is 20.7. The number of rotatable bonds is 5. The molecule has 0 radical (unpaired) electrons. The van der Waals surface area contributed by atoms with Crippen LogP contribution in [0.3, 0.4) is 0 Å². The number of pyridine rings is 1. The molecule has 5 aromatic carbocycles. The van der Waals surface area contributed by atoms with Crippen molar-refractivity contribution < 1.29 is 25.8 Å². The molecule has 0 fully saturated rings. The van der Waals surface area contributed by atoms with Crippen LogP contribution in [0.1, 0.15) is 7.43 Å². The van der Waals surface area contributed by atoms with Crippen LogP contribution in [0.25, 0.3) is 11.3 Å². The normalized spacial score (nSPS) is 13.7. The van der Waals surface area contributed by atoms with Gasteiger partial charge < -0.3 is 19.5 Å². The SMILES string of the molecule is C.CN1[CH-]N(c2[c-]c(Oc3[c-]c4c(cc3)[Si](c3ccccc3)(c3ccccc3)c3cccnc3-4)ccc2)c2ccccc21.[Pt]. The van der Waals surface area contributed by atoms with E-state index < -0.39 is 8.07 Å². The average Bonchev–Trinajstić information content (AvgIpc) is 3.55. The monoisotopic (exact) mass is 767 g/mol. The molecular formula is C38H30N3OPtSi-3. The van der Waals surface area contributed by atoms with Crippen molar-refractivity contribution in [2.24, 2.45) is 0 Å². The molecule has 0 saturated heterocycles. The Morgan fingerprint density at radius 2 is 1.32 bits per heavy atom. The Labute approximate surface area is 274 Å². The van der Waals surface area contributed by atoms with Gasteiger partial charge in [0.15, 0.2) is 0 Å². The summed E-state index contributed by atoms with van der Waals surface area (Å²) in [5.41, 5.74) is 5.18. The Morgan fingerprint density at radius 3 is 2.05 bits per heavy atom. The van der Waals surface area contributed by atoms with Crippen LogP contribution in [-0.2, 0) is 21.1 Å². The van der Waals surface area contributed by atoms with Gasteiger partial charge in [0.25, 0.3) is 0 Å². The number of hydrogen-bond acceptors (Lipinski definition) is 4. The first-order valence-corrected chi connectivity index (χ1v) is 16.0. The minimum absolute atomic E-state index is 0. The van der Waals surface area contributed by atoms with Crippen molar-refractivity contribution in [3.8, 4) is 22.8 Å². The third-order valence-corrected chi connectivity index (χ3v) is 13.1. The van der Waals surface area contributed by atoms with Gasteiger partial charge in [0, 0.05) is 50.1 Å². The summed E-state index contributed by atoms with van der Waals surface area (Å²) in [6.07, 6.45) is 1.88. The summed E-state index contributed by atoms with van der Waals surface area (Å²) >= 11 is 0. The Bertz CT molecular complexity index is 1890. The van der Waals surface area contributed by atoms with Crippen LogP contribution in [0.5, 0.6) is 11.5 Å². The van der Waals surface area contributed by atoms with Gasteiger partial charge in [-0.15, -0.1) is 46.8 Å². The Balaban J connectivity index is 0.00000171. The van der Waals surface area contributed by atoms with Gasteiger partial charge in [-0.3, -0.25) is 0 Å². The van der Waals surface area contributed by atoms with Crippen LogP contribution < -0.4 is 35.3 Å². The van der Waals surface area contributed by atoms with E-state index in [1.165, 1.54) is 20.7 Å². The zero-order chi connectivity index (χ0) is 28.1. The molecule has 0 bridgehead atoms. The van der Waals surface area contributed by atoms with Gasteiger partial charge in [-0.1, -0.05) is 108 Å². The molecular weight excluding hydrogens is 738 g/mol. The van der Waals surface area contributed by atoms with Crippen LogP contribution in [-0.4, -0.2) is 20.1 Å². The third kappa shape index (κ3) is 4.59. The van der Waals surface area contributed by atoms with E-state index in [1.807, 2.05) is 30.5 Å². The van der Waals surface area contributed by atoms with E-state index in [-0.39, 0.29) is 28.5 Å². The van der Waals surface area contributed by atoms with Gasteiger partial charge in [-0.2, -0.15) is 12.7 Å². The molecule has 2 aliphatic rings. The molecule has 6 aromatic rings. The van der Waals surface area contributed by atoms with E-state index in [9.17, 15) is 0 Å². The van der Waals surface area contributed by atoms with Crippen LogP contribution in [0.2, 0.25) is 0 Å². The Hall–Kier alpha value is -4.44. The van der Waals surface area contributed by atoms with E-state index in [4.69, 9.17) is 9.72 Å². The molecule has 8 rings (SSSR count). The summed E-state index contributed by atoms with van der Waals surface area (Å²) in [7, 11) is -0.526. The van der Waals surface area contributed by atoms with Crippen molar-refractivity contribution in [3.05, 3.63) is 152 Å². The van der Waals surface area contributed by atoms with Gasteiger partial charge >= 0.3 is 0 Å². The van der Waals surface area contributed by atoms with Crippen molar-refractivity contribution >= 4 is 45.9 Å². The van der Waals surface area contributed by atoms with Crippen LogP contribution in [0.4, 0.5) is 17.1 Å². The number of para-hydroxylation sites is 2. The molecule has 0 unspecified atom stereocenters. The molecule has 0 atom stereocenters. The minimum atomic E-state index is -2.58. The smallest absolute Gasteiger partial charge is 0.127 e. The predicted octanol–water partition coefficient (Wildman–Crippen LogP) is 6.17. The molecule has 6 heteroatoms. The molecule has 0 saturated carbocycles. The zero-order valence-corrected chi connectivity index (χ0v) is 26.6. The summed E-state index contributed by atoms with van der Waals surface area (Å²) in [4.78, 5) is 9.16. The number of hydrogen-bond donors (Lipinski definition) is 0. The summed E-state index contributed by atoms with van der Waals surface area (Å²) in [6, 6.07) is 51.8. The summed E-state index contributed by atoms with van der Waals surface area (Å²) < 4.78 is 6.44. The van der Waals surface area contributed by atoms with Crippen LogP contribution in [0, 0.1) is 18.8 Å². The molecule has 0 amide bonds. The van der Waals surface area contributed by atoms with E-state index in [2.05, 4.69) is 139 Å². The fourth-order valence-corrected chi connectivity index (χ4v) is 11.5. The molecule has 4 nitrogen and oxygen atoms in total. The van der Waals surface area contributed by atoms with E-state index in [1.54, 1.807) is 0 Å². The zero-order valence-electron chi connectivity index (χ0n) is 23.3. The summed E-state index contributed by atoms with van der Waals surface area (Å²) in [5.74, 6) is 1.28. The minimum Gasteiger partial charge on any atom is -0.504 e. The van der Waals surface area contributed by atoms with Crippen molar-refractivity contribution in [2.75, 3.05) is 16.8 Å². The largest absolute Gasteiger partial charge is 0.504 e. The van der Waals surface area contributed by atoms with Gasteiger partial charge in [0.05, 0.1) is 0 Å². The fourth-order valence-electron chi connectivity index (χ4n) is 6.46. The standard InChI is InChI=1S/C37H26N3OSi.CH4.Pt/c1-39-26-40(34-19-9-8-18-33(34)39)27-12-10-13-28(24-27)41-29-21-22-35-32(25-29)37-36(20-11-23-38-37)42(35,30-14-4-2-5-15-30)31-16-6-3-7-17-31;;/h2-23,26H,1H3;1H4;/q-3;;.